The number of ether oxygens (including phenoxy) is 1. The molecule has 182 valence electrons. The fourth-order valence-corrected chi connectivity index (χ4v) is 4.40. The summed E-state index contributed by atoms with van der Waals surface area (Å²) in [6.07, 6.45) is 2.31. The summed E-state index contributed by atoms with van der Waals surface area (Å²) < 4.78 is 8.11. The van der Waals surface area contributed by atoms with E-state index >= 15 is 0 Å². The highest BCUT2D eigenvalue weighted by Gasteiger charge is 2.17. The second-order valence-corrected chi connectivity index (χ2v) is 8.63. The van der Waals surface area contributed by atoms with Crippen molar-refractivity contribution in [3.8, 4) is 5.75 Å². The number of aryl methyl sites for hydroxylation is 2. The molecule has 0 unspecified atom stereocenters. The fourth-order valence-electron chi connectivity index (χ4n) is 4.40. The van der Waals surface area contributed by atoms with Crippen LogP contribution in [0, 0.1) is 0 Å². The maximum Gasteiger partial charge on any atom is 0.251 e. The first-order valence-electron chi connectivity index (χ1n) is 12.2. The van der Waals surface area contributed by atoms with Gasteiger partial charge in [-0.25, -0.2) is 9.97 Å². The highest BCUT2D eigenvalue weighted by Crippen LogP contribution is 2.29. The lowest BCUT2D eigenvalue weighted by Crippen LogP contribution is -2.25. The van der Waals surface area contributed by atoms with Gasteiger partial charge in [-0.05, 0) is 43.2 Å². The molecule has 36 heavy (non-hydrogen) atoms. The van der Waals surface area contributed by atoms with Gasteiger partial charge in [0, 0.05) is 30.5 Å². The summed E-state index contributed by atoms with van der Waals surface area (Å²) in [4.78, 5) is 21.9. The number of nitrogens with zero attached hydrogens (tertiary/aromatic N) is 3. The Hall–Kier alpha value is -4.39. The molecule has 3 aromatic carbocycles. The second-order valence-electron chi connectivity index (χ2n) is 8.63. The molecule has 0 radical (unpaired) electrons. The van der Waals surface area contributed by atoms with E-state index in [9.17, 15) is 4.79 Å². The molecule has 7 nitrogen and oxygen atoms in total. The standard InChI is InChI=1S/C29H29N5O2/c30-28-26-27(23-15-7-8-16-24(23)32-28)34(19-10-18-31-29(35)21-11-3-1-4-12-21)25(33-26)17-9-20-36-22-13-5-2-6-14-22/h1-8,11-16H,9-10,17-20H2,(H2,30,32)(H,31,35). The van der Waals surface area contributed by atoms with Gasteiger partial charge >= 0.3 is 0 Å². The van der Waals surface area contributed by atoms with Crippen molar-refractivity contribution in [1.82, 2.24) is 19.9 Å². The van der Waals surface area contributed by atoms with Crippen LogP contribution in [0.25, 0.3) is 21.9 Å². The third kappa shape index (κ3) is 5.15. The summed E-state index contributed by atoms with van der Waals surface area (Å²) in [6, 6.07) is 27.1. The van der Waals surface area contributed by atoms with Crippen molar-refractivity contribution in [3.63, 3.8) is 0 Å². The van der Waals surface area contributed by atoms with E-state index in [2.05, 4.69) is 20.9 Å². The number of nitrogens with one attached hydrogen (secondary N) is 1. The molecule has 2 aromatic heterocycles. The van der Waals surface area contributed by atoms with Crippen molar-refractivity contribution >= 4 is 33.7 Å². The topological polar surface area (TPSA) is 95.1 Å². The number of amides is 1. The van der Waals surface area contributed by atoms with Crippen molar-refractivity contribution in [3.05, 3.63) is 96.3 Å². The smallest absolute Gasteiger partial charge is 0.251 e. The number of hydrogen-bond acceptors (Lipinski definition) is 5. The molecular formula is C29H29N5O2. The summed E-state index contributed by atoms with van der Waals surface area (Å²) >= 11 is 0. The number of carbonyl (C=O) groups excluding carboxylic acids is 1. The molecule has 0 saturated carbocycles. The van der Waals surface area contributed by atoms with E-state index in [1.165, 1.54) is 0 Å². The molecule has 5 aromatic rings. The van der Waals surface area contributed by atoms with Crippen molar-refractivity contribution in [2.75, 3.05) is 18.9 Å². The molecule has 0 spiro atoms. The molecule has 0 bridgehead atoms. The number of para-hydroxylation sites is 2. The van der Waals surface area contributed by atoms with E-state index in [0.717, 1.165) is 52.8 Å². The van der Waals surface area contributed by atoms with Crippen LogP contribution in [0.2, 0.25) is 0 Å². The van der Waals surface area contributed by atoms with Crippen LogP contribution in [0.4, 0.5) is 5.82 Å². The van der Waals surface area contributed by atoms with Crippen LogP contribution in [0.15, 0.2) is 84.9 Å². The van der Waals surface area contributed by atoms with Crippen molar-refractivity contribution in [1.29, 1.82) is 0 Å². The van der Waals surface area contributed by atoms with E-state index in [-0.39, 0.29) is 5.91 Å². The molecule has 0 atom stereocenters. The van der Waals surface area contributed by atoms with Crippen molar-refractivity contribution < 1.29 is 9.53 Å². The quantitative estimate of drug-likeness (QED) is 0.275. The molecule has 0 aliphatic rings. The Labute approximate surface area is 209 Å². The number of aromatic nitrogens is 3. The molecule has 0 saturated heterocycles. The fraction of sp³-hybridized carbons (Fsp3) is 0.207. The second kappa shape index (κ2) is 10.9. The summed E-state index contributed by atoms with van der Waals surface area (Å²) in [7, 11) is 0. The predicted octanol–water partition coefficient (Wildman–Crippen LogP) is 5.00. The van der Waals surface area contributed by atoms with Gasteiger partial charge in [0.15, 0.2) is 5.82 Å². The zero-order valence-corrected chi connectivity index (χ0v) is 20.1. The van der Waals surface area contributed by atoms with E-state index in [1.807, 2.05) is 78.9 Å². The summed E-state index contributed by atoms with van der Waals surface area (Å²) in [5.74, 6) is 2.17. The van der Waals surface area contributed by atoms with Crippen LogP contribution < -0.4 is 15.8 Å². The molecule has 2 heterocycles. The van der Waals surface area contributed by atoms with Gasteiger partial charge in [-0.15, -0.1) is 0 Å². The Bertz CT molecular complexity index is 1470. The maximum absolute atomic E-state index is 12.4. The average Bonchev–Trinajstić information content (AvgIpc) is 3.29. The lowest BCUT2D eigenvalue weighted by molar-refractivity contribution is 0.0952. The Morgan fingerprint density at radius 3 is 2.42 bits per heavy atom. The van der Waals surface area contributed by atoms with Gasteiger partial charge in [0.1, 0.15) is 17.1 Å². The zero-order valence-electron chi connectivity index (χ0n) is 20.1. The number of fused-ring (bicyclic) bond motifs is 3. The molecule has 0 aliphatic heterocycles. The van der Waals surface area contributed by atoms with Crippen LogP contribution in [0.3, 0.4) is 0 Å². The van der Waals surface area contributed by atoms with Gasteiger partial charge < -0.3 is 20.4 Å². The number of benzene rings is 3. The van der Waals surface area contributed by atoms with E-state index in [0.29, 0.717) is 31.1 Å². The predicted molar refractivity (Wildman–Crippen MR) is 143 cm³/mol. The van der Waals surface area contributed by atoms with Crippen LogP contribution >= 0.6 is 0 Å². The Morgan fingerprint density at radius 1 is 0.889 bits per heavy atom. The molecule has 0 fully saturated rings. The molecule has 3 N–H and O–H groups in total. The first kappa shape index (κ1) is 23.4. The van der Waals surface area contributed by atoms with E-state index < -0.39 is 0 Å². The number of nitrogens with two attached hydrogens (primary N) is 1. The summed E-state index contributed by atoms with van der Waals surface area (Å²) in [5, 5.41) is 4.04. The van der Waals surface area contributed by atoms with Gasteiger partial charge in [-0.2, -0.15) is 0 Å². The maximum atomic E-state index is 12.4. The van der Waals surface area contributed by atoms with Crippen LogP contribution in [-0.2, 0) is 13.0 Å². The highest BCUT2D eigenvalue weighted by atomic mass is 16.5. The monoisotopic (exact) mass is 479 g/mol. The third-order valence-electron chi connectivity index (χ3n) is 6.13. The van der Waals surface area contributed by atoms with Gasteiger partial charge in [0.25, 0.3) is 5.91 Å². The average molecular weight is 480 g/mol. The first-order chi connectivity index (χ1) is 17.7. The van der Waals surface area contributed by atoms with Gasteiger partial charge in [-0.1, -0.05) is 54.6 Å². The summed E-state index contributed by atoms with van der Waals surface area (Å²) in [5.41, 5.74) is 9.55. The lowest BCUT2D eigenvalue weighted by Gasteiger charge is -2.12. The van der Waals surface area contributed by atoms with Crippen LogP contribution in [0.5, 0.6) is 5.75 Å². The molecule has 7 heteroatoms. The largest absolute Gasteiger partial charge is 0.494 e. The number of hydrogen-bond donors (Lipinski definition) is 2. The number of anilines is 1. The number of imidazole rings is 1. The number of pyridine rings is 1. The van der Waals surface area contributed by atoms with Crippen molar-refractivity contribution in [2.45, 2.75) is 25.8 Å². The Kier molecular flexibility index (Phi) is 7.07. The minimum Gasteiger partial charge on any atom is -0.494 e. The van der Waals surface area contributed by atoms with E-state index in [4.69, 9.17) is 15.5 Å². The molecule has 0 aliphatic carbocycles. The highest BCUT2D eigenvalue weighted by molar-refractivity contribution is 6.06. The lowest BCUT2D eigenvalue weighted by atomic mass is 10.2. The Balaban J connectivity index is 1.34. The number of nitrogen functional groups attached to an aromatic ring is 1. The Morgan fingerprint density at radius 2 is 1.61 bits per heavy atom. The molecule has 1 amide bonds. The minimum atomic E-state index is -0.0664. The SMILES string of the molecule is Nc1nc2ccccc2c2c1nc(CCCOc1ccccc1)n2CCCNC(=O)c1ccccc1. The number of rotatable bonds is 10. The zero-order chi connectivity index (χ0) is 24.7. The van der Waals surface area contributed by atoms with Gasteiger partial charge in [0.05, 0.1) is 17.6 Å². The van der Waals surface area contributed by atoms with E-state index in [1.54, 1.807) is 0 Å². The van der Waals surface area contributed by atoms with Gasteiger partial charge in [0.2, 0.25) is 0 Å². The van der Waals surface area contributed by atoms with Crippen LogP contribution in [0.1, 0.15) is 29.0 Å². The summed E-state index contributed by atoms with van der Waals surface area (Å²) in [6.45, 7) is 1.85. The third-order valence-corrected chi connectivity index (χ3v) is 6.13. The first-order valence-corrected chi connectivity index (χ1v) is 12.2. The normalized spacial score (nSPS) is 11.1. The molecule has 5 rings (SSSR count). The van der Waals surface area contributed by atoms with Crippen LogP contribution in [-0.4, -0.2) is 33.6 Å². The molecular weight excluding hydrogens is 450 g/mol. The minimum absolute atomic E-state index is 0.0664. The van der Waals surface area contributed by atoms with Crippen molar-refractivity contribution in [2.24, 2.45) is 0 Å². The van der Waals surface area contributed by atoms with Gasteiger partial charge in [-0.3, -0.25) is 4.79 Å². The number of carbonyl (C=O) groups is 1.